The largest absolute Gasteiger partial charge is 0.305 e. The monoisotopic (exact) mass is 592 g/mol. The topological polar surface area (TPSA) is 75.5 Å². The van der Waals surface area contributed by atoms with Crippen LogP contribution in [0.25, 0.3) is 27.7 Å². The molecule has 4 heterocycles. The number of allylic oxidation sites excluding steroid dienone is 3. The van der Waals surface area contributed by atoms with Crippen molar-refractivity contribution in [1.29, 1.82) is 0 Å². The van der Waals surface area contributed by atoms with Gasteiger partial charge < -0.3 is 9.80 Å². The van der Waals surface area contributed by atoms with Gasteiger partial charge in [0.05, 0.1) is 0 Å². The Balaban J connectivity index is 1.24. The molecule has 0 N–H and O–H groups in total. The SMILES string of the molecule is CN1CCc2cc(C3=CC(C)(S(=O)(=O)n4cc(-c5ccc(C(=O)C6CN(C)C6)cc5)c5cccnc54)CC=C3)ccc2C1. The molecule has 7 nitrogen and oxygen atoms in total. The summed E-state index contributed by atoms with van der Waals surface area (Å²) in [6.45, 7) is 5.32. The molecule has 2 aliphatic heterocycles. The lowest BCUT2D eigenvalue weighted by Gasteiger charge is -2.34. The Bertz CT molecular complexity index is 1920. The van der Waals surface area contributed by atoms with Gasteiger partial charge in [0, 0.05) is 61.0 Å². The number of carbonyl (C=O) groups is 1. The van der Waals surface area contributed by atoms with Crippen LogP contribution in [-0.2, 0) is 23.0 Å². The van der Waals surface area contributed by atoms with Gasteiger partial charge >= 0.3 is 0 Å². The number of hydrogen-bond donors (Lipinski definition) is 0. The lowest BCUT2D eigenvalue weighted by Crippen LogP contribution is -2.47. The number of hydrogen-bond acceptors (Lipinski definition) is 6. The molecule has 4 aromatic rings. The number of likely N-dealkylation sites (N-methyl/N-ethyl adjacent to an activating group) is 1. The first-order valence-electron chi connectivity index (χ1n) is 14.9. The van der Waals surface area contributed by atoms with Crippen molar-refractivity contribution < 1.29 is 13.2 Å². The van der Waals surface area contributed by atoms with Gasteiger partial charge in [0.2, 0.25) is 10.0 Å². The highest BCUT2D eigenvalue weighted by Crippen LogP contribution is 2.39. The third-order valence-electron chi connectivity index (χ3n) is 9.32. The van der Waals surface area contributed by atoms with Crippen molar-refractivity contribution in [3.05, 3.63) is 107 Å². The van der Waals surface area contributed by atoms with Crippen LogP contribution in [0.5, 0.6) is 0 Å². The summed E-state index contributed by atoms with van der Waals surface area (Å²) < 4.78 is 29.2. The number of Topliss-reactive ketones (excluding diaryl/α,β-unsaturated/α-hetero) is 1. The zero-order valence-electron chi connectivity index (χ0n) is 24.8. The second-order valence-corrected chi connectivity index (χ2v) is 14.8. The predicted octanol–water partition coefficient (Wildman–Crippen LogP) is 5.42. The molecule has 1 fully saturated rings. The number of ketones is 1. The molecule has 3 aliphatic rings. The average molecular weight is 593 g/mol. The maximum absolute atomic E-state index is 14.5. The maximum Gasteiger partial charge on any atom is 0.249 e. The van der Waals surface area contributed by atoms with E-state index >= 15 is 0 Å². The summed E-state index contributed by atoms with van der Waals surface area (Å²) in [6.07, 6.45) is 10.6. The lowest BCUT2D eigenvalue weighted by molar-refractivity contribution is 0.0702. The fraction of sp³-hybridized carbons (Fsp3) is 0.314. The summed E-state index contributed by atoms with van der Waals surface area (Å²) >= 11 is 0. The van der Waals surface area contributed by atoms with Gasteiger partial charge in [-0.3, -0.25) is 4.79 Å². The van der Waals surface area contributed by atoms with Crippen molar-refractivity contribution in [3.8, 4) is 11.1 Å². The molecule has 1 atom stereocenters. The van der Waals surface area contributed by atoms with E-state index < -0.39 is 14.8 Å². The van der Waals surface area contributed by atoms with Crippen molar-refractivity contribution in [3.63, 3.8) is 0 Å². The van der Waals surface area contributed by atoms with Crippen molar-refractivity contribution in [2.24, 2.45) is 5.92 Å². The molecule has 2 aromatic heterocycles. The van der Waals surface area contributed by atoms with Crippen LogP contribution in [0.15, 0.2) is 85.2 Å². The Kier molecular flexibility index (Phi) is 6.76. The van der Waals surface area contributed by atoms with Crippen LogP contribution >= 0.6 is 0 Å². The summed E-state index contributed by atoms with van der Waals surface area (Å²) in [4.78, 5) is 21.8. The van der Waals surface area contributed by atoms with Gasteiger partial charge in [-0.1, -0.05) is 60.7 Å². The Morgan fingerprint density at radius 2 is 1.74 bits per heavy atom. The molecule has 1 aliphatic carbocycles. The minimum Gasteiger partial charge on any atom is -0.305 e. The Morgan fingerprint density at radius 3 is 2.51 bits per heavy atom. The second-order valence-electron chi connectivity index (χ2n) is 12.6. The molecule has 7 rings (SSSR count). The van der Waals surface area contributed by atoms with Gasteiger partial charge in [0.25, 0.3) is 0 Å². The molecule has 43 heavy (non-hydrogen) atoms. The molecule has 2 aromatic carbocycles. The van der Waals surface area contributed by atoms with Crippen molar-refractivity contribution in [1.82, 2.24) is 18.8 Å². The third-order valence-corrected chi connectivity index (χ3v) is 11.6. The zero-order valence-corrected chi connectivity index (χ0v) is 25.6. The number of pyridine rings is 1. The van der Waals surface area contributed by atoms with Crippen LogP contribution < -0.4 is 0 Å². The van der Waals surface area contributed by atoms with Crippen LogP contribution in [0.1, 0.15) is 40.4 Å². The van der Waals surface area contributed by atoms with Gasteiger partial charge in [-0.25, -0.2) is 17.4 Å². The molecule has 0 amide bonds. The van der Waals surface area contributed by atoms with Crippen molar-refractivity contribution >= 4 is 32.4 Å². The highest BCUT2D eigenvalue weighted by atomic mass is 32.2. The molecule has 0 bridgehead atoms. The van der Waals surface area contributed by atoms with Crippen LogP contribution in [0.2, 0.25) is 0 Å². The first-order chi connectivity index (χ1) is 20.6. The number of aromatic nitrogens is 2. The van der Waals surface area contributed by atoms with E-state index in [9.17, 15) is 13.2 Å². The number of rotatable bonds is 6. The first kappa shape index (κ1) is 28.0. The number of carbonyl (C=O) groups excluding carboxylic acids is 1. The zero-order chi connectivity index (χ0) is 29.9. The Hall–Kier alpha value is -3.85. The fourth-order valence-corrected chi connectivity index (χ4v) is 8.32. The van der Waals surface area contributed by atoms with Crippen LogP contribution in [0.3, 0.4) is 0 Å². The van der Waals surface area contributed by atoms with E-state index in [4.69, 9.17) is 0 Å². The summed E-state index contributed by atoms with van der Waals surface area (Å²) in [5.41, 5.74) is 7.33. The van der Waals surface area contributed by atoms with E-state index in [-0.39, 0.29) is 11.7 Å². The first-order valence-corrected chi connectivity index (χ1v) is 16.3. The van der Waals surface area contributed by atoms with E-state index in [1.165, 1.54) is 15.1 Å². The second kappa shape index (κ2) is 10.4. The number of likely N-dealkylation sites (tertiary alicyclic amines) is 1. The van der Waals surface area contributed by atoms with Gasteiger partial charge in [-0.2, -0.15) is 0 Å². The fourth-order valence-electron chi connectivity index (χ4n) is 6.67. The summed E-state index contributed by atoms with van der Waals surface area (Å²) in [6, 6.07) is 17.7. The summed E-state index contributed by atoms with van der Waals surface area (Å²) in [5, 5.41) is 0.754. The molecule has 1 unspecified atom stereocenters. The van der Waals surface area contributed by atoms with E-state index in [0.29, 0.717) is 17.6 Å². The standard InChI is InChI=1S/C35H36N4O3S/c1-35(15-4-6-28(19-35)26-12-13-29-20-37(2)17-14-27(29)18-26)43(41,42)39-23-32(31-7-5-16-36-34(31)39)24-8-10-25(11-9-24)33(40)30-21-38(3)22-30/h4-13,16,18-19,23,30H,14-15,17,20-22H2,1-3H3. The van der Waals surface area contributed by atoms with Crippen molar-refractivity contribution in [2.45, 2.75) is 31.1 Å². The molecule has 1 saturated heterocycles. The van der Waals surface area contributed by atoms with E-state index in [0.717, 1.165) is 60.2 Å². The minimum atomic E-state index is -3.91. The van der Waals surface area contributed by atoms with E-state index in [1.807, 2.05) is 61.7 Å². The number of fused-ring (bicyclic) bond motifs is 2. The third kappa shape index (κ3) is 4.78. The highest BCUT2D eigenvalue weighted by Gasteiger charge is 2.41. The predicted molar refractivity (Wildman–Crippen MR) is 171 cm³/mol. The van der Waals surface area contributed by atoms with Crippen LogP contribution in [0.4, 0.5) is 0 Å². The molecule has 0 spiro atoms. The van der Waals surface area contributed by atoms with Crippen LogP contribution in [-0.4, -0.2) is 71.4 Å². The minimum absolute atomic E-state index is 0.0401. The summed E-state index contributed by atoms with van der Waals surface area (Å²) in [5.74, 6) is 0.196. The molecular formula is C35H36N4O3S. The quantitative estimate of drug-likeness (QED) is 0.279. The Labute approximate surface area is 253 Å². The average Bonchev–Trinajstić information content (AvgIpc) is 3.39. The Morgan fingerprint density at radius 1 is 0.977 bits per heavy atom. The van der Waals surface area contributed by atoms with Gasteiger partial charge in [-0.05, 0) is 73.8 Å². The highest BCUT2D eigenvalue weighted by molar-refractivity contribution is 7.91. The molecule has 0 saturated carbocycles. The van der Waals surface area contributed by atoms with Gasteiger partial charge in [-0.15, -0.1) is 0 Å². The summed E-state index contributed by atoms with van der Waals surface area (Å²) in [7, 11) is 0.233. The molecule has 220 valence electrons. The van der Waals surface area contributed by atoms with Gasteiger partial charge in [0.15, 0.2) is 11.4 Å². The maximum atomic E-state index is 14.5. The number of benzene rings is 2. The molecular weight excluding hydrogens is 556 g/mol. The van der Waals surface area contributed by atoms with Crippen LogP contribution in [0, 0.1) is 5.92 Å². The number of nitrogens with zero attached hydrogens (tertiary/aromatic N) is 4. The normalized spacial score (nSPS) is 21.4. The molecule has 0 radical (unpaired) electrons. The van der Waals surface area contributed by atoms with E-state index in [1.54, 1.807) is 19.3 Å². The molecule has 8 heteroatoms. The smallest absolute Gasteiger partial charge is 0.249 e. The lowest BCUT2D eigenvalue weighted by atomic mass is 9.90. The van der Waals surface area contributed by atoms with Gasteiger partial charge in [0.1, 0.15) is 4.75 Å². The van der Waals surface area contributed by atoms with Crippen molar-refractivity contribution in [2.75, 3.05) is 33.7 Å². The van der Waals surface area contributed by atoms with E-state index in [2.05, 4.69) is 40.0 Å².